The highest BCUT2D eigenvalue weighted by atomic mass is 32.2. The lowest BCUT2D eigenvalue weighted by Crippen LogP contribution is -2.52. The molecule has 0 aromatic rings. The fourth-order valence-corrected chi connectivity index (χ4v) is 3.42. The smallest absolute Gasteiger partial charge is 0.356 e. The fourth-order valence-electron chi connectivity index (χ4n) is 2.92. The van der Waals surface area contributed by atoms with Crippen LogP contribution in [-0.2, 0) is 19.1 Å². The number of ether oxygens (including phenoxy) is 2. The van der Waals surface area contributed by atoms with Crippen molar-refractivity contribution in [1.82, 2.24) is 10.2 Å². The molecule has 0 amide bonds. The number of rotatable bonds is 3. The first-order chi connectivity index (χ1) is 14.3. The highest BCUT2D eigenvalue weighted by molar-refractivity contribution is 8.23. The number of esters is 2. The van der Waals surface area contributed by atoms with Crippen molar-refractivity contribution in [2.24, 2.45) is 4.99 Å². The number of nitrogens with one attached hydrogen (secondary N) is 1. The van der Waals surface area contributed by atoms with Crippen LogP contribution in [0.3, 0.4) is 0 Å². The number of guanidine groups is 1. The summed E-state index contributed by atoms with van der Waals surface area (Å²) in [5, 5.41) is 12.9. The van der Waals surface area contributed by atoms with Crippen molar-refractivity contribution in [1.29, 1.82) is 5.26 Å². The Morgan fingerprint density at radius 1 is 1.16 bits per heavy atom. The Kier molecular flexibility index (Phi) is 7.55. The van der Waals surface area contributed by atoms with Gasteiger partial charge in [-0.05, 0) is 54.2 Å². The third-order valence-corrected chi connectivity index (χ3v) is 5.28. The summed E-state index contributed by atoms with van der Waals surface area (Å²) in [7, 11) is 0. The minimum atomic E-state index is -0.822. The molecule has 0 spiro atoms. The monoisotopic (exact) mass is 464 g/mol. The summed E-state index contributed by atoms with van der Waals surface area (Å²) in [5.41, 5.74) is -1.54. The van der Waals surface area contributed by atoms with Crippen LogP contribution in [-0.4, -0.2) is 57.5 Å². The predicted molar refractivity (Wildman–Crippen MR) is 124 cm³/mol. The second-order valence-electron chi connectivity index (χ2n) is 8.92. The third kappa shape index (κ3) is 6.08. The number of hydrogen-bond donors (Lipinski definition) is 1. The number of fused-ring (bicyclic) bond motifs is 1. The summed E-state index contributed by atoms with van der Waals surface area (Å²) in [6, 6.07) is 2.06. The molecule has 0 aliphatic carbocycles. The largest absolute Gasteiger partial charge is 0.456 e. The van der Waals surface area contributed by atoms with Crippen LogP contribution in [0.25, 0.3) is 0 Å². The van der Waals surface area contributed by atoms with Gasteiger partial charge in [0.2, 0.25) is 5.96 Å². The zero-order valence-electron chi connectivity index (χ0n) is 18.9. The summed E-state index contributed by atoms with van der Waals surface area (Å²) < 4.78 is 11.5. The minimum absolute atomic E-state index is 0.00646. The molecule has 0 fully saturated rings. The van der Waals surface area contributed by atoms with Crippen LogP contribution in [0.2, 0.25) is 0 Å². The summed E-state index contributed by atoms with van der Waals surface area (Å²) in [4.78, 5) is 32.7. The highest BCUT2D eigenvalue weighted by Gasteiger charge is 2.42. The van der Waals surface area contributed by atoms with Crippen LogP contribution >= 0.6 is 24.0 Å². The van der Waals surface area contributed by atoms with Gasteiger partial charge in [-0.15, -0.1) is 11.8 Å². The van der Waals surface area contributed by atoms with E-state index in [2.05, 4.69) is 16.4 Å². The van der Waals surface area contributed by atoms with Crippen LogP contribution in [0.15, 0.2) is 27.5 Å². The molecule has 168 valence electrons. The molecule has 31 heavy (non-hydrogen) atoms. The second kappa shape index (κ2) is 9.40. The number of carbonyl (C=O) groups is 2. The molecule has 10 heteroatoms. The van der Waals surface area contributed by atoms with Gasteiger partial charge in [0.15, 0.2) is 0 Å². The molecule has 2 heterocycles. The van der Waals surface area contributed by atoms with Crippen LogP contribution in [0.4, 0.5) is 0 Å². The zero-order chi connectivity index (χ0) is 23.6. The van der Waals surface area contributed by atoms with E-state index < -0.39 is 23.1 Å². The first-order valence-electron chi connectivity index (χ1n) is 9.82. The van der Waals surface area contributed by atoms with Crippen LogP contribution < -0.4 is 5.32 Å². The Bertz CT molecular complexity index is 930. The molecule has 0 saturated carbocycles. The molecule has 0 atom stereocenters. The highest BCUT2D eigenvalue weighted by Crippen LogP contribution is 2.32. The normalized spacial score (nSPS) is 18.3. The van der Waals surface area contributed by atoms with Crippen molar-refractivity contribution >= 4 is 46.1 Å². The van der Waals surface area contributed by atoms with Gasteiger partial charge in [-0.2, -0.15) is 5.26 Å². The Labute approximate surface area is 192 Å². The van der Waals surface area contributed by atoms with Crippen molar-refractivity contribution < 1.29 is 19.1 Å². The van der Waals surface area contributed by atoms with Crippen molar-refractivity contribution in [2.45, 2.75) is 59.2 Å². The molecule has 0 saturated heterocycles. The van der Waals surface area contributed by atoms with E-state index in [1.807, 2.05) is 0 Å². The van der Waals surface area contributed by atoms with Crippen molar-refractivity contribution in [2.75, 3.05) is 19.3 Å². The lowest BCUT2D eigenvalue weighted by atomic mass is 10.0. The van der Waals surface area contributed by atoms with Gasteiger partial charge in [-0.25, -0.2) is 9.59 Å². The first-order valence-corrected chi connectivity index (χ1v) is 11.5. The van der Waals surface area contributed by atoms with Crippen LogP contribution in [0.5, 0.6) is 0 Å². The molecule has 0 unspecified atom stereocenters. The molecule has 2 aliphatic heterocycles. The lowest BCUT2D eigenvalue weighted by Gasteiger charge is -2.38. The quantitative estimate of drug-likeness (QED) is 0.292. The van der Waals surface area contributed by atoms with Crippen molar-refractivity contribution in [3.8, 4) is 6.07 Å². The van der Waals surface area contributed by atoms with Gasteiger partial charge in [-0.1, -0.05) is 12.2 Å². The van der Waals surface area contributed by atoms with Gasteiger partial charge >= 0.3 is 11.9 Å². The molecule has 1 N–H and O–H groups in total. The van der Waals surface area contributed by atoms with E-state index in [9.17, 15) is 14.9 Å². The third-order valence-electron chi connectivity index (χ3n) is 4.00. The maximum Gasteiger partial charge on any atom is 0.356 e. The van der Waals surface area contributed by atoms with Gasteiger partial charge in [0.05, 0.1) is 9.89 Å². The van der Waals surface area contributed by atoms with Gasteiger partial charge in [0.25, 0.3) is 0 Å². The second-order valence-corrected chi connectivity index (χ2v) is 10.4. The molecule has 0 aromatic heterocycles. The van der Waals surface area contributed by atoms with Gasteiger partial charge in [-0.3, -0.25) is 4.99 Å². The van der Waals surface area contributed by atoms with E-state index in [0.717, 1.165) is 0 Å². The number of thiocarbonyl (C=S) groups is 1. The molecule has 0 aromatic carbocycles. The predicted octanol–water partition coefficient (Wildman–Crippen LogP) is 3.06. The standard InChI is InChI=1S/C21H28N4O4S2/c1-20(2,3)28-16(26)13-14(12(11-22)18(30)31-7)24-19-23-9-8-10-25(19)15(13)17(27)29-21(4,5)6/h8-10H2,1-7H3,(H,23,24)/b14-12-. The van der Waals surface area contributed by atoms with E-state index >= 15 is 0 Å². The molecule has 0 bridgehead atoms. The Hall–Kier alpha value is -2.38. The van der Waals surface area contributed by atoms with Crippen LogP contribution in [0.1, 0.15) is 48.0 Å². The minimum Gasteiger partial charge on any atom is -0.456 e. The van der Waals surface area contributed by atoms with Crippen molar-refractivity contribution in [3.05, 3.63) is 22.5 Å². The van der Waals surface area contributed by atoms with Gasteiger partial charge < -0.3 is 19.7 Å². The lowest BCUT2D eigenvalue weighted by molar-refractivity contribution is -0.154. The maximum absolute atomic E-state index is 13.3. The maximum atomic E-state index is 13.3. The summed E-state index contributed by atoms with van der Waals surface area (Å²) in [6.45, 7) is 11.4. The molecule has 0 radical (unpaired) electrons. The number of carbonyl (C=O) groups excluding carboxylic acids is 2. The summed E-state index contributed by atoms with van der Waals surface area (Å²) >= 11 is 6.54. The van der Waals surface area contributed by atoms with Gasteiger partial charge in [0, 0.05) is 13.1 Å². The average Bonchev–Trinajstić information content (AvgIpc) is 2.64. The number of thioether (sulfide) groups is 1. The molecule has 2 rings (SSSR count). The van der Waals surface area contributed by atoms with E-state index in [1.54, 1.807) is 52.7 Å². The summed E-state index contributed by atoms with van der Waals surface area (Å²) in [5.74, 6) is -1.09. The Balaban J connectivity index is 2.86. The topological polar surface area (TPSA) is 104 Å². The van der Waals surface area contributed by atoms with E-state index in [4.69, 9.17) is 21.7 Å². The molecule has 8 nitrogen and oxygen atoms in total. The average molecular weight is 465 g/mol. The van der Waals surface area contributed by atoms with Gasteiger partial charge in [0.1, 0.15) is 34.1 Å². The number of aliphatic imine (C=N–C) groups is 1. The van der Waals surface area contributed by atoms with E-state index in [0.29, 0.717) is 25.5 Å². The number of nitrogens with zero attached hydrogens (tertiary/aromatic N) is 3. The number of hydrogen-bond acceptors (Lipinski definition) is 10. The van der Waals surface area contributed by atoms with Crippen LogP contribution in [0, 0.1) is 11.3 Å². The molecular weight excluding hydrogens is 436 g/mol. The Morgan fingerprint density at radius 2 is 1.74 bits per heavy atom. The van der Waals surface area contributed by atoms with E-state index in [1.165, 1.54) is 11.8 Å². The first kappa shape index (κ1) is 24.9. The number of nitriles is 1. The van der Waals surface area contributed by atoms with Crippen molar-refractivity contribution in [3.63, 3.8) is 0 Å². The SMILES string of the molecule is CSC(=S)/C(C#N)=C1\NC2=NCCCN2C(C(=O)OC(C)(C)C)=C1C(=O)OC(C)(C)C. The fraction of sp³-hybridized carbons (Fsp3) is 0.571. The molecule has 2 aliphatic rings. The summed E-state index contributed by atoms with van der Waals surface area (Å²) in [6.07, 6.45) is 2.42. The Morgan fingerprint density at radius 3 is 2.26 bits per heavy atom. The van der Waals surface area contributed by atoms with E-state index in [-0.39, 0.29) is 26.7 Å². The zero-order valence-corrected chi connectivity index (χ0v) is 20.5. The molecular formula is C21H28N4O4S2.